The van der Waals surface area contributed by atoms with Crippen LogP contribution in [0.2, 0.25) is 0 Å². The van der Waals surface area contributed by atoms with Crippen molar-refractivity contribution >= 4 is 43.5 Å². The van der Waals surface area contributed by atoms with E-state index in [-0.39, 0.29) is 4.90 Å². The largest absolute Gasteiger partial charge is 0.279 e. The number of rotatable bonds is 6. The number of para-hydroxylation sites is 2. The number of sulfonamides is 1. The first-order valence-electron chi connectivity index (χ1n) is 8.18. The number of hydrogen-bond acceptors (Lipinski definition) is 4. The van der Waals surface area contributed by atoms with E-state index in [1.54, 1.807) is 48.7 Å². The SMILES string of the molecule is Cc1ccc(S(=O)(=O)Nc2ccccc2C=NNc2ccccc2Br)cc1. The smallest absolute Gasteiger partial charge is 0.261 e. The van der Waals surface area contributed by atoms with E-state index in [4.69, 9.17) is 0 Å². The molecule has 0 radical (unpaired) electrons. The molecule has 0 heterocycles. The fourth-order valence-electron chi connectivity index (χ4n) is 2.35. The Hall–Kier alpha value is -2.64. The highest BCUT2D eigenvalue weighted by molar-refractivity contribution is 9.10. The molecule has 3 aromatic rings. The molecule has 27 heavy (non-hydrogen) atoms. The molecule has 0 aliphatic rings. The third-order valence-electron chi connectivity index (χ3n) is 3.80. The standard InChI is InChI=1S/C20H18BrN3O2S/c1-15-10-12-17(13-11-15)27(25,26)24-19-8-4-2-6-16(19)14-22-23-20-9-5-3-7-18(20)21/h2-14,23-24H,1H3. The van der Waals surface area contributed by atoms with E-state index in [2.05, 4.69) is 31.2 Å². The van der Waals surface area contributed by atoms with E-state index in [0.29, 0.717) is 11.3 Å². The zero-order valence-electron chi connectivity index (χ0n) is 14.6. The van der Waals surface area contributed by atoms with Crippen LogP contribution >= 0.6 is 15.9 Å². The van der Waals surface area contributed by atoms with Crippen LogP contribution in [0.15, 0.2) is 87.3 Å². The maximum absolute atomic E-state index is 12.6. The molecular formula is C20H18BrN3O2S. The fraction of sp³-hybridized carbons (Fsp3) is 0.0500. The van der Waals surface area contributed by atoms with Gasteiger partial charge in [0.05, 0.1) is 22.5 Å². The van der Waals surface area contributed by atoms with Gasteiger partial charge >= 0.3 is 0 Å². The highest BCUT2D eigenvalue weighted by atomic mass is 79.9. The van der Waals surface area contributed by atoms with Crippen LogP contribution in [0.3, 0.4) is 0 Å². The number of nitrogens with zero attached hydrogens (tertiary/aromatic N) is 1. The average Bonchev–Trinajstić information content (AvgIpc) is 2.65. The number of hydrazone groups is 1. The van der Waals surface area contributed by atoms with Crippen LogP contribution in [0.5, 0.6) is 0 Å². The van der Waals surface area contributed by atoms with Gasteiger partial charge in [-0.2, -0.15) is 5.10 Å². The summed E-state index contributed by atoms with van der Waals surface area (Å²) in [5, 5.41) is 4.21. The quantitative estimate of drug-likeness (QED) is 0.415. The molecule has 0 saturated carbocycles. The second-order valence-electron chi connectivity index (χ2n) is 5.86. The van der Waals surface area contributed by atoms with Crippen molar-refractivity contribution in [1.82, 2.24) is 0 Å². The molecule has 0 saturated heterocycles. The van der Waals surface area contributed by atoms with Crippen molar-refractivity contribution in [3.05, 3.63) is 88.4 Å². The summed E-state index contributed by atoms with van der Waals surface area (Å²) in [6, 6.07) is 21.4. The van der Waals surface area contributed by atoms with Crippen molar-refractivity contribution in [2.24, 2.45) is 5.10 Å². The third kappa shape index (κ3) is 4.96. The molecule has 0 fully saturated rings. The predicted octanol–water partition coefficient (Wildman–Crippen LogP) is 5.00. The first-order valence-corrected chi connectivity index (χ1v) is 10.5. The molecule has 0 atom stereocenters. The lowest BCUT2D eigenvalue weighted by Crippen LogP contribution is -2.14. The highest BCUT2D eigenvalue weighted by Crippen LogP contribution is 2.22. The Kier molecular flexibility index (Phi) is 5.93. The Balaban J connectivity index is 1.80. The molecular weight excluding hydrogens is 426 g/mol. The Morgan fingerprint density at radius 1 is 0.889 bits per heavy atom. The van der Waals surface area contributed by atoms with Crippen molar-refractivity contribution < 1.29 is 8.42 Å². The third-order valence-corrected chi connectivity index (χ3v) is 5.87. The maximum Gasteiger partial charge on any atom is 0.261 e. The van der Waals surface area contributed by atoms with Crippen LogP contribution in [0, 0.1) is 6.92 Å². The van der Waals surface area contributed by atoms with Crippen molar-refractivity contribution in [2.45, 2.75) is 11.8 Å². The van der Waals surface area contributed by atoms with Gasteiger partial charge in [0.1, 0.15) is 0 Å². The second-order valence-corrected chi connectivity index (χ2v) is 8.39. The minimum absolute atomic E-state index is 0.214. The Labute approximate surface area is 167 Å². The lowest BCUT2D eigenvalue weighted by Gasteiger charge is -2.11. The van der Waals surface area contributed by atoms with Crippen LogP contribution in [0.25, 0.3) is 0 Å². The van der Waals surface area contributed by atoms with Gasteiger partial charge in [0, 0.05) is 10.0 Å². The molecule has 5 nitrogen and oxygen atoms in total. The van der Waals surface area contributed by atoms with E-state index in [1.165, 1.54) is 0 Å². The number of benzene rings is 3. The van der Waals surface area contributed by atoms with Crippen molar-refractivity contribution in [3.8, 4) is 0 Å². The zero-order chi connectivity index (χ0) is 19.3. The molecule has 0 aromatic heterocycles. The van der Waals surface area contributed by atoms with Gasteiger partial charge in [0.2, 0.25) is 0 Å². The second kappa shape index (κ2) is 8.37. The number of hydrogen-bond donors (Lipinski definition) is 2. The minimum Gasteiger partial charge on any atom is -0.279 e. The van der Waals surface area contributed by atoms with Gasteiger partial charge in [-0.3, -0.25) is 10.1 Å². The summed E-state index contributed by atoms with van der Waals surface area (Å²) in [6.45, 7) is 1.91. The molecule has 3 rings (SSSR count). The summed E-state index contributed by atoms with van der Waals surface area (Å²) >= 11 is 3.44. The first-order chi connectivity index (χ1) is 13.0. The summed E-state index contributed by atoms with van der Waals surface area (Å²) in [5.74, 6) is 0. The zero-order valence-corrected chi connectivity index (χ0v) is 17.0. The van der Waals surface area contributed by atoms with Gasteiger partial charge in [0.15, 0.2) is 0 Å². The summed E-state index contributed by atoms with van der Waals surface area (Å²) in [6.07, 6.45) is 1.58. The fourth-order valence-corrected chi connectivity index (χ4v) is 3.81. The van der Waals surface area contributed by atoms with E-state index < -0.39 is 10.0 Å². The average molecular weight is 444 g/mol. The van der Waals surface area contributed by atoms with Crippen molar-refractivity contribution in [1.29, 1.82) is 0 Å². The lowest BCUT2D eigenvalue weighted by atomic mass is 10.2. The van der Waals surface area contributed by atoms with Gasteiger partial charge in [-0.25, -0.2) is 8.42 Å². The van der Waals surface area contributed by atoms with E-state index in [9.17, 15) is 8.42 Å². The molecule has 0 bridgehead atoms. The number of halogens is 1. The van der Waals surface area contributed by atoms with Crippen LogP contribution in [0.1, 0.15) is 11.1 Å². The molecule has 0 aliphatic carbocycles. The van der Waals surface area contributed by atoms with Crippen LogP contribution in [-0.4, -0.2) is 14.6 Å². The summed E-state index contributed by atoms with van der Waals surface area (Å²) in [4.78, 5) is 0.214. The number of nitrogens with one attached hydrogen (secondary N) is 2. The van der Waals surface area contributed by atoms with Gasteiger partial charge in [-0.15, -0.1) is 0 Å². The Morgan fingerprint density at radius 2 is 1.52 bits per heavy atom. The molecule has 2 N–H and O–H groups in total. The van der Waals surface area contributed by atoms with E-state index in [1.807, 2.05) is 37.3 Å². The molecule has 3 aromatic carbocycles. The van der Waals surface area contributed by atoms with Crippen LogP contribution < -0.4 is 10.1 Å². The predicted molar refractivity (Wildman–Crippen MR) is 114 cm³/mol. The van der Waals surface area contributed by atoms with Gasteiger partial charge in [-0.1, -0.05) is 48.0 Å². The first kappa shape index (κ1) is 19.1. The molecule has 0 amide bonds. The molecule has 7 heteroatoms. The van der Waals surface area contributed by atoms with E-state index >= 15 is 0 Å². The van der Waals surface area contributed by atoms with Gasteiger partial charge in [0.25, 0.3) is 10.0 Å². The topological polar surface area (TPSA) is 70.6 Å². The lowest BCUT2D eigenvalue weighted by molar-refractivity contribution is 0.601. The van der Waals surface area contributed by atoms with E-state index in [0.717, 1.165) is 15.7 Å². The van der Waals surface area contributed by atoms with Crippen LogP contribution in [-0.2, 0) is 10.0 Å². The normalized spacial score (nSPS) is 11.5. The monoisotopic (exact) mass is 443 g/mol. The highest BCUT2D eigenvalue weighted by Gasteiger charge is 2.15. The summed E-state index contributed by atoms with van der Waals surface area (Å²) in [5.41, 5.74) is 5.85. The van der Waals surface area contributed by atoms with Gasteiger partial charge < -0.3 is 0 Å². The van der Waals surface area contributed by atoms with Crippen molar-refractivity contribution in [2.75, 3.05) is 10.1 Å². The summed E-state index contributed by atoms with van der Waals surface area (Å²) < 4.78 is 28.8. The molecule has 0 spiro atoms. The minimum atomic E-state index is -3.68. The number of aryl methyl sites for hydroxylation is 1. The number of anilines is 2. The molecule has 0 aliphatic heterocycles. The van der Waals surface area contributed by atoms with Gasteiger partial charge in [-0.05, 0) is 53.2 Å². The molecule has 138 valence electrons. The molecule has 0 unspecified atom stereocenters. The summed E-state index contributed by atoms with van der Waals surface area (Å²) in [7, 11) is -3.68. The Bertz CT molecular complexity index is 1060. The maximum atomic E-state index is 12.6. The Morgan fingerprint density at radius 3 is 2.22 bits per heavy atom. The van der Waals surface area contributed by atoms with Crippen LogP contribution in [0.4, 0.5) is 11.4 Å². The van der Waals surface area contributed by atoms with Crippen molar-refractivity contribution in [3.63, 3.8) is 0 Å².